The molecule has 3 saturated carbocycles. The zero-order valence-corrected chi connectivity index (χ0v) is 20.3. The first-order chi connectivity index (χ1) is 13.5. The zero-order chi connectivity index (χ0) is 21.2. The van der Waals surface area contributed by atoms with E-state index >= 15 is 0 Å². The van der Waals surface area contributed by atoms with E-state index in [1.54, 1.807) is 0 Å². The third-order valence-electron chi connectivity index (χ3n) is 8.86. The van der Waals surface area contributed by atoms with E-state index in [1.165, 1.54) is 7.11 Å². The second-order valence-corrected chi connectivity index (χ2v) is 14.3. The van der Waals surface area contributed by atoms with Gasteiger partial charge in [0.05, 0.1) is 18.3 Å². The highest BCUT2D eigenvalue weighted by Crippen LogP contribution is 2.66. The molecule has 1 unspecified atom stereocenters. The summed E-state index contributed by atoms with van der Waals surface area (Å²) in [6.07, 6.45) is 6.99. The Morgan fingerprint density at radius 2 is 1.79 bits per heavy atom. The molecule has 29 heavy (non-hydrogen) atoms. The van der Waals surface area contributed by atoms with Gasteiger partial charge in [-0.2, -0.15) is 0 Å². The molecule has 1 saturated heterocycles. The van der Waals surface area contributed by atoms with Crippen molar-refractivity contribution in [1.82, 2.24) is 5.32 Å². The number of carbonyl (C=O) groups is 2. The predicted molar refractivity (Wildman–Crippen MR) is 118 cm³/mol. The first-order valence-electron chi connectivity index (χ1n) is 10.6. The Bertz CT molecular complexity index is 701. The van der Waals surface area contributed by atoms with Crippen molar-refractivity contribution in [2.45, 2.75) is 73.2 Å². The number of hydrogen-bond acceptors (Lipinski definition) is 4. The molecule has 1 heterocycles. The molecule has 0 bridgehead atoms. The summed E-state index contributed by atoms with van der Waals surface area (Å²) in [6, 6.07) is 0.186. The quantitative estimate of drug-likeness (QED) is 0.426. The molecule has 0 aromatic rings. The number of nitrogens with one attached hydrogen (secondary N) is 1. The lowest BCUT2D eigenvalue weighted by Gasteiger charge is -2.60. The SMILES string of the molecule is COC(=O)[C@H]1CC[C@H]2[C@@H]3CC[C@H]4NC(=O)C(SC(Cl)(Cl)Cl)C[C@]4(C)[C@H]3CC[C@]12C. The van der Waals surface area contributed by atoms with Crippen LogP contribution in [-0.2, 0) is 14.3 Å². The summed E-state index contributed by atoms with van der Waals surface area (Å²) < 4.78 is 3.64. The second-order valence-electron chi connectivity index (χ2n) is 9.98. The van der Waals surface area contributed by atoms with Gasteiger partial charge in [0.1, 0.15) is 0 Å². The van der Waals surface area contributed by atoms with Crippen LogP contribution in [0.4, 0.5) is 0 Å². The Hall–Kier alpha value is 0.160. The lowest BCUT2D eigenvalue weighted by molar-refractivity contribution is -0.155. The third-order valence-corrected chi connectivity index (χ3v) is 10.6. The van der Waals surface area contributed by atoms with Gasteiger partial charge < -0.3 is 10.1 Å². The number of methoxy groups -OCH3 is 1. The van der Waals surface area contributed by atoms with Crippen molar-refractivity contribution < 1.29 is 14.3 Å². The highest BCUT2D eigenvalue weighted by molar-refractivity contribution is 8.05. The Balaban J connectivity index is 1.58. The largest absolute Gasteiger partial charge is 0.469 e. The van der Waals surface area contributed by atoms with Gasteiger partial charge in [0.2, 0.25) is 9.03 Å². The maximum absolute atomic E-state index is 12.7. The molecule has 1 amide bonds. The van der Waals surface area contributed by atoms with E-state index in [4.69, 9.17) is 39.5 Å². The lowest BCUT2D eigenvalue weighted by atomic mass is 9.47. The van der Waals surface area contributed by atoms with Gasteiger partial charge >= 0.3 is 5.97 Å². The summed E-state index contributed by atoms with van der Waals surface area (Å²) in [7, 11) is 1.50. The smallest absolute Gasteiger partial charge is 0.309 e. The van der Waals surface area contributed by atoms with E-state index in [-0.39, 0.29) is 39.9 Å². The molecule has 4 aliphatic rings. The van der Waals surface area contributed by atoms with Crippen LogP contribution in [0.15, 0.2) is 0 Å². The standard InChI is InChI=1S/C21H30Cl3NO3S/c1-19-9-8-13-11(12(19)5-6-14(19)18(27)28-3)4-7-16-20(13,2)10-15(17(26)25-16)29-21(22,23)24/h11-16H,4-10H2,1-3H3,(H,25,26)/t11-,12-,13-,14+,15?,16+,19-,20+/m0/s1. The number of carbonyl (C=O) groups excluding carboxylic acids is 2. The number of rotatable bonds is 2. The van der Waals surface area contributed by atoms with Gasteiger partial charge in [-0.25, -0.2) is 0 Å². The molecule has 0 aromatic carbocycles. The van der Waals surface area contributed by atoms with Gasteiger partial charge in [-0.1, -0.05) is 60.4 Å². The minimum Gasteiger partial charge on any atom is -0.469 e. The van der Waals surface area contributed by atoms with Crippen LogP contribution < -0.4 is 5.32 Å². The van der Waals surface area contributed by atoms with E-state index in [1.807, 2.05) is 0 Å². The monoisotopic (exact) mass is 481 g/mol. The number of piperidine rings is 1. The van der Waals surface area contributed by atoms with Crippen LogP contribution >= 0.6 is 46.6 Å². The van der Waals surface area contributed by atoms with Crippen molar-refractivity contribution in [3.8, 4) is 0 Å². The summed E-state index contributed by atoms with van der Waals surface area (Å²) in [6.45, 7) is 4.64. The highest BCUT2D eigenvalue weighted by Gasteiger charge is 2.62. The van der Waals surface area contributed by atoms with E-state index in [0.29, 0.717) is 17.8 Å². The van der Waals surface area contributed by atoms with Crippen molar-refractivity contribution in [2.24, 2.45) is 34.5 Å². The van der Waals surface area contributed by atoms with Crippen LogP contribution in [0.5, 0.6) is 0 Å². The van der Waals surface area contributed by atoms with Gasteiger partial charge in [0, 0.05) is 6.04 Å². The second kappa shape index (κ2) is 7.64. The number of halogens is 3. The van der Waals surface area contributed by atoms with E-state index in [2.05, 4.69) is 19.2 Å². The van der Waals surface area contributed by atoms with Gasteiger partial charge in [-0.3, -0.25) is 9.59 Å². The molecule has 4 nitrogen and oxygen atoms in total. The molecule has 4 fully saturated rings. The van der Waals surface area contributed by atoms with Gasteiger partial charge in [-0.15, -0.1) is 0 Å². The minimum atomic E-state index is -1.50. The maximum atomic E-state index is 12.7. The first-order valence-corrected chi connectivity index (χ1v) is 12.6. The molecule has 164 valence electrons. The summed E-state index contributed by atoms with van der Waals surface area (Å²) in [5, 5.41) is 2.91. The fourth-order valence-electron chi connectivity index (χ4n) is 7.53. The molecule has 3 aliphatic carbocycles. The van der Waals surface area contributed by atoms with Crippen molar-refractivity contribution >= 4 is 58.4 Å². The normalized spacial score (nSPS) is 46.9. The number of esters is 1. The molecular weight excluding hydrogens is 453 g/mol. The number of alkyl halides is 3. The molecule has 4 rings (SSSR count). The van der Waals surface area contributed by atoms with Crippen LogP contribution in [0.3, 0.4) is 0 Å². The topological polar surface area (TPSA) is 55.4 Å². The molecule has 0 spiro atoms. The van der Waals surface area contributed by atoms with Crippen LogP contribution in [0.25, 0.3) is 0 Å². The molecule has 1 aliphatic heterocycles. The van der Waals surface area contributed by atoms with Crippen LogP contribution in [0.2, 0.25) is 0 Å². The van der Waals surface area contributed by atoms with E-state index in [0.717, 1.165) is 56.7 Å². The number of amides is 1. The van der Waals surface area contributed by atoms with Crippen LogP contribution in [0, 0.1) is 34.5 Å². The maximum Gasteiger partial charge on any atom is 0.309 e. The summed E-state index contributed by atoms with van der Waals surface area (Å²) in [5.41, 5.74) is 0.0240. The molecule has 0 aromatic heterocycles. The minimum absolute atomic E-state index is 0.00487. The van der Waals surface area contributed by atoms with E-state index in [9.17, 15) is 9.59 Å². The van der Waals surface area contributed by atoms with Crippen molar-refractivity contribution in [2.75, 3.05) is 7.11 Å². The molecule has 1 N–H and O–H groups in total. The molecule has 0 radical (unpaired) electrons. The highest BCUT2D eigenvalue weighted by atomic mass is 35.6. The summed E-state index contributed by atoms with van der Waals surface area (Å²) in [5.74, 6) is 1.61. The van der Waals surface area contributed by atoms with E-state index < -0.39 is 3.12 Å². The van der Waals surface area contributed by atoms with Crippen molar-refractivity contribution in [3.05, 3.63) is 0 Å². The van der Waals surface area contributed by atoms with Crippen molar-refractivity contribution in [1.29, 1.82) is 0 Å². The molecule has 8 atom stereocenters. The Morgan fingerprint density at radius 1 is 1.10 bits per heavy atom. The molecular formula is C21H30Cl3NO3S. The zero-order valence-electron chi connectivity index (χ0n) is 17.2. The number of hydrogen-bond donors (Lipinski definition) is 1. The number of fused-ring (bicyclic) bond motifs is 5. The van der Waals surface area contributed by atoms with Gasteiger partial charge in [-0.05, 0) is 73.5 Å². The summed E-state index contributed by atoms with van der Waals surface area (Å²) >= 11 is 19.2. The number of thioether (sulfide) groups is 1. The molecule has 8 heteroatoms. The van der Waals surface area contributed by atoms with Crippen LogP contribution in [-0.4, -0.2) is 33.4 Å². The average Bonchev–Trinajstić information content (AvgIpc) is 2.98. The van der Waals surface area contributed by atoms with Crippen molar-refractivity contribution in [3.63, 3.8) is 0 Å². The first kappa shape index (κ1) is 22.4. The fraction of sp³-hybridized carbons (Fsp3) is 0.905. The number of ether oxygens (including phenoxy) is 1. The lowest BCUT2D eigenvalue weighted by Crippen LogP contribution is -2.64. The van der Waals surface area contributed by atoms with Gasteiger partial charge in [0.25, 0.3) is 0 Å². The Labute approximate surface area is 192 Å². The summed E-state index contributed by atoms with van der Waals surface area (Å²) in [4.78, 5) is 25.1. The fourth-order valence-corrected chi connectivity index (χ4v) is 9.44. The van der Waals surface area contributed by atoms with Crippen LogP contribution in [0.1, 0.15) is 58.8 Å². The third kappa shape index (κ3) is 3.70. The van der Waals surface area contributed by atoms with Gasteiger partial charge in [0.15, 0.2) is 0 Å². The average molecular weight is 483 g/mol. The Kier molecular flexibility index (Phi) is 5.89. The Morgan fingerprint density at radius 3 is 2.45 bits per heavy atom. The predicted octanol–water partition coefficient (Wildman–Crippen LogP) is 5.34.